The van der Waals surface area contributed by atoms with Crippen molar-refractivity contribution in [3.05, 3.63) is 76.7 Å². The monoisotopic (exact) mass is 641 g/mol. The van der Waals surface area contributed by atoms with Crippen molar-refractivity contribution in [3.8, 4) is 16.5 Å². The number of nitrogens with one attached hydrogen (secondary N) is 2. The first-order valence-corrected chi connectivity index (χ1v) is 16.4. The second kappa shape index (κ2) is 13.9. The Hall–Kier alpha value is -4.40. The number of nitriles is 1. The van der Waals surface area contributed by atoms with Crippen molar-refractivity contribution in [1.82, 2.24) is 24.8 Å². The van der Waals surface area contributed by atoms with Crippen LogP contribution in [0.4, 0.5) is 10.3 Å². The number of hydrogen-bond donors (Lipinski definition) is 2. The number of imidazole rings is 1. The fourth-order valence-corrected chi connectivity index (χ4v) is 6.53. The van der Waals surface area contributed by atoms with E-state index in [0.29, 0.717) is 36.0 Å². The average Bonchev–Trinajstić information content (AvgIpc) is 3.74. The molecule has 0 bridgehead atoms. The lowest BCUT2D eigenvalue weighted by Gasteiger charge is -2.26. The molecule has 0 unspecified atom stereocenters. The first kappa shape index (κ1) is 33.0. The molecule has 46 heavy (non-hydrogen) atoms. The molecule has 5 rings (SSSR count). The summed E-state index contributed by atoms with van der Waals surface area (Å²) >= 11 is 1.25. The number of benzene rings is 1. The Morgan fingerprint density at radius 1 is 1.20 bits per heavy atom. The van der Waals surface area contributed by atoms with Crippen LogP contribution in [0.25, 0.3) is 21.5 Å². The maximum absolute atomic E-state index is 13.7. The molecule has 3 aromatic heterocycles. The minimum atomic E-state index is -0.584. The Bertz CT molecular complexity index is 1810. The van der Waals surface area contributed by atoms with Crippen molar-refractivity contribution in [2.24, 2.45) is 11.3 Å². The van der Waals surface area contributed by atoms with E-state index in [9.17, 15) is 19.2 Å². The first-order valence-electron chi connectivity index (χ1n) is 15.6. The lowest BCUT2D eigenvalue weighted by Crippen LogP contribution is -2.39. The number of pyridine rings is 1. The molecule has 4 heterocycles. The minimum absolute atomic E-state index is 0.0708. The zero-order valence-corrected chi connectivity index (χ0v) is 27.7. The molecule has 2 N–H and O–H groups in total. The van der Waals surface area contributed by atoms with Gasteiger partial charge in [0.2, 0.25) is 11.9 Å². The average molecular weight is 642 g/mol. The van der Waals surface area contributed by atoms with Crippen LogP contribution in [0, 0.1) is 28.6 Å². The van der Waals surface area contributed by atoms with E-state index in [1.807, 2.05) is 30.5 Å². The lowest BCUT2D eigenvalue weighted by molar-refractivity contribution is -0.127. The third-order valence-corrected chi connectivity index (χ3v) is 8.88. The van der Waals surface area contributed by atoms with E-state index in [1.165, 1.54) is 23.6 Å². The van der Waals surface area contributed by atoms with E-state index in [2.05, 4.69) is 48.5 Å². The summed E-state index contributed by atoms with van der Waals surface area (Å²) in [5.74, 6) is -0.733. The number of fused-ring (bicyclic) bond motifs is 1. The first-order chi connectivity index (χ1) is 21.9. The Morgan fingerprint density at radius 2 is 2.00 bits per heavy atom. The quantitative estimate of drug-likeness (QED) is 0.112. The molecule has 4 aromatic rings. The number of carbonyl (C=O) groups is 2. The summed E-state index contributed by atoms with van der Waals surface area (Å²) < 4.78 is 15.7. The molecule has 240 valence electrons. The fraction of sp³-hybridized carbons (Fsp3) is 0.400. The second-order valence-electron chi connectivity index (χ2n) is 13.2. The molecular weight excluding hydrogens is 601 g/mol. The van der Waals surface area contributed by atoms with Gasteiger partial charge in [-0.2, -0.15) is 9.65 Å². The van der Waals surface area contributed by atoms with Gasteiger partial charge in [-0.05, 0) is 65.6 Å². The number of halogens is 1. The van der Waals surface area contributed by atoms with Gasteiger partial charge in [0.1, 0.15) is 11.6 Å². The predicted octanol–water partition coefficient (Wildman–Crippen LogP) is 6.78. The summed E-state index contributed by atoms with van der Waals surface area (Å²) in [6, 6.07) is 14.5. The van der Waals surface area contributed by atoms with Crippen LogP contribution in [0.5, 0.6) is 0 Å². The minimum Gasteiger partial charge on any atom is -0.333 e. The normalized spacial score (nSPS) is 15.5. The SMILES string of the molecule is CC(C)C=C(C#N)C(=O)N1CCC[C@@H]1Cn1c(NC(=O)c2ccc(-c3ccnc(F)c3)s2)nc2cc(CNCC(C)(C)C)ccc21. The molecule has 0 aliphatic carbocycles. The van der Waals surface area contributed by atoms with Gasteiger partial charge in [0.05, 0.1) is 22.0 Å². The van der Waals surface area contributed by atoms with Crippen LogP contribution in [0.2, 0.25) is 0 Å². The molecule has 9 nitrogen and oxygen atoms in total. The van der Waals surface area contributed by atoms with Crippen molar-refractivity contribution in [1.29, 1.82) is 5.26 Å². The highest BCUT2D eigenvalue weighted by molar-refractivity contribution is 7.17. The Labute approximate surface area is 273 Å². The number of rotatable bonds is 10. The molecular formula is C35H40FN7O2S. The van der Waals surface area contributed by atoms with E-state index in [0.717, 1.165) is 40.9 Å². The number of allylic oxidation sites excluding steroid dienone is 1. The fourth-order valence-electron chi connectivity index (χ4n) is 5.63. The van der Waals surface area contributed by atoms with Crippen LogP contribution in [0.3, 0.4) is 0 Å². The van der Waals surface area contributed by atoms with E-state index < -0.39 is 5.95 Å². The van der Waals surface area contributed by atoms with Gasteiger partial charge in [0, 0.05) is 43.3 Å². The molecule has 1 atom stereocenters. The summed E-state index contributed by atoms with van der Waals surface area (Å²) in [5, 5.41) is 16.2. The van der Waals surface area contributed by atoms with Crippen LogP contribution in [-0.2, 0) is 17.9 Å². The van der Waals surface area contributed by atoms with Gasteiger partial charge >= 0.3 is 0 Å². The molecule has 0 spiro atoms. The number of aromatic nitrogens is 3. The van der Waals surface area contributed by atoms with Gasteiger partial charge < -0.3 is 14.8 Å². The smallest absolute Gasteiger partial charge is 0.268 e. The molecule has 1 saturated heterocycles. The van der Waals surface area contributed by atoms with E-state index in [-0.39, 0.29) is 34.8 Å². The number of anilines is 1. The zero-order chi connectivity index (χ0) is 33.0. The highest BCUT2D eigenvalue weighted by Gasteiger charge is 2.32. The van der Waals surface area contributed by atoms with Gasteiger partial charge in [0.25, 0.3) is 11.8 Å². The third kappa shape index (κ3) is 7.87. The molecule has 1 aliphatic rings. The molecule has 11 heteroatoms. The number of nitrogens with zero attached hydrogens (tertiary/aromatic N) is 5. The summed E-state index contributed by atoms with van der Waals surface area (Å²) in [4.78, 5) is 38.4. The van der Waals surface area contributed by atoms with Crippen molar-refractivity contribution >= 4 is 40.1 Å². The maximum Gasteiger partial charge on any atom is 0.268 e. The number of amides is 2. The van der Waals surface area contributed by atoms with Crippen LogP contribution in [0.1, 0.15) is 62.7 Å². The Kier molecular flexibility index (Phi) is 9.99. The number of likely N-dealkylation sites (tertiary alicyclic amines) is 1. The molecule has 0 saturated carbocycles. The van der Waals surface area contributed by atoms with E-state index in [4.69, 9.17) is 4.98 Å². The second-order valence-corrected chi connectivity index (χ2v) is 14.3. The summed E-state index contributed by atoms with van der Waals surface area (Å²) in [6.07, 6.45) is 4.70. The molecule has 0 radical (unpaired) electrons. The van der Waals surface area contributed by atoms with Crippen molar-refractivity contribution in [3.63, 3.8) is 0 Å². The number of carbonyl (C=O) groups excluding carboxylic acids is 2. The van der Waals surface area contributed by atoms with E-state index >= 15 is 0 Å². The van der Waals surface area contributed by atoms with E-state index in [1.54, 1.807) is 29.2 Å². The van der Waals surface area contributed by atoms with Gasteiger partial charge in [0.15, 0.2) is 0 Å². The van der Waals surface area contributed by atoms with Crippen molar-refractivity contribution in [2.75, 3.05) is 18.4 Å². The highest BCUT2D eigenvalue weighted by atomic mass is 32.1. The topological polar surface area (TPSA) is 116 Å². The number of hydrogen-bond acceptors (Lipinski definition) is 7. The third-order valence-electron chi connectivity index (χ3n) is 7.75. The molecule has 1 aliphatic heterocycles. The summed E-state index contributed by atoms with van der Waals surface area (Å²) in [7, 11) is 0. The Balaban J connectivity index is 1.45. The maximum atomic E-state index is 13.7. The van der Waals surface area contributed by atoms with Crippen molar-refractivity contribution in [2.45, 2.75) is 66.6 Å². The highest BCUT2D eigenvalue weighted by Crippen LogP contribution is 2.30. The van der Waals surface area contributed by atoms with Gasteiger partial charge in [-0.25, -0.2) is 9.97 Å². The van der Waals surface area contributed by atoms with Gasteiger partial charge in [-0.1, -0.05) is 46.8 Å². The van der Waals surface area contributed by atoms with Gasteiger partial charge in [-0.15, -0.1) is 11.3 Å². The van der Waals surface area contributed by atoms with Crippen LogP contribution < -0.4 is 10.6 Å². The largest absolute Gasteiger partial charge is 0.333 e. The Morgan fingerprint density at radius 3 is 2.72 bits per heavy atom. The van der Waals surface area contributed by atoms with Crippen molar-refractivity contribution < 1.29 is 14.0 Å². The molecule has 1 fully saturated rings. The lowest BCUT2D eigenvalue weighted by atomic mass is 9.97. The van der Waals surface area contributed by atoms with Crippen LogP contribution in [-0.4, -0.2) is 50.4 Å². The zero-order valence-electron chi connectivity index (χ0n) is 26.9. The van der Waals surface area contributed by atoms with Crippen LogP contribution >= 0.6 is 11.3 Å². The molecule has 1 aromatic carbocycles. The van der Waals surface area contributed by atoms with Gasteiger partial charge in [-0.3, -0.25) is 14.9 Å². The number of thiophene rings is 1. The molecule has 2 amide bonds. The summed E-state index contributed by atoms with van der Waals surface area (Å²) in [5.41, 5.74) is 3.59. The standard InChI is InChI=1S/C35H40FN7O2S/c1-22(2)15-25(18-37)33(45)42-14-6-7-26(42)20-43-28-9-8-23(19-38-21-35(3,4)5)16-27(28)40-34(43)41-32(44)30-11-10-29(46-30)24-12-13-39-31(36)17-24/h8-13,15-17,22,26,38H,6-7,14,19-21H2,1-5H3,(H,40,41,44)/t26-/m1/s1. The predicted molar refractivity (Wildman–Crippen MR) is 180 cm³/mol. The van der Waals surface area contributed by atoms with Crippen LogP contribution in [0.15, 0.2) is 60.3 Å². The summed E-state index contributed by atoms with van der Waals surface area (Å²) in [6.45, 7) is 12.9.